The zero-order valence-electron chi connectivity index (χ0n) is 8.82. The Morgan fingerprint density at radius 1 is 1.27 bits per heavy atom. The third kappa shape index (κ3) is 1.83. The molecule has 1 N–H and O–H groups in total. The topological polar surface area (TPSA) is 47.0 Å². The summed E-state index contributed by atoms with van der Waals surface area (Å²) >= 11 is 0. The summed E-state index contributed by atoms with van der Waals surface area (Å²) in [6, 6.07) is 7.79. The molecule has 0 unspecified atom stereocenters. The van der Waals surface area contributed by atoms with Crippen LogP contribution in [0.3, 0.4) is 0 Å². The minimum absolute atomic E-state index is 0.605. The average Bonchev–Trinajstić information content (AvgIpc) is 2.28. The summed E-state index contributed by atoms with van der Waals surface area (Å²) in [6.45, 7) is 2.80. The highest BCUT2D eigenvalue weighted by Crippen LogP contribution is 2.22. The molecule has 1 aromatic heterocycles. The van der Waals surface area contributed by atoms with Gasteiger partial charge in [0.25, 0.3) is 0 Å². The van der Waals surface area contributed by atoms with Gasteiger partial charge in [0.2, 0.25) is 11.8 Å². The van der Waals surface area contributed by atoms with E-state index in [9.17, 15) is 0 Å². The number of fused-ring (bicyclic) bond motifs is 1. The van der Waals surface area contributed by atoms with Crippen molar-refractivity contribution in [3.05, 3.63) is 24.3 Å². The zero-order chi connectivity index (χ0) is 10.7. The van der Waals surface area contributed by atoms with Gasteiger partial charge in [0, 0.05) is 6.54 Å². The van der Waals surface area contributed by atoms with Crippen LogP contribution in [0.25, 0.3) is 10.9 Å². The van der Waals surface area contributed by atoms with Crippen LogP contribution in [-0.4, -0.2) is 23.6 Å². The van der Waals surface area contributed by atoms with Gasteiger partial charge in [0.05, 0.1) is 18.0 Å². The molecule has 0 bridgehead atoms. The molecule has 2 rings (SSSR count). The molecule has 0 atom stereocenters. The van der Waals surface area contributed by atoms with Crippen LogP contribution in [0.2, 0.25) is 0 Å². The van der Waals surface area contributed by atoms with Gasteiger partial charge in [0.1, 0.15) is 0 Å². The molecule has 1 heterocycles. The highest BCUT2D eigenvalue weighted by Gasteiger charge is 2.05. The molecular weight excluding hydrogens is 190 g/mol. The number of para-hydroxylation sites is 1. The first-order valence-electron chi connectivity index (χ1n) is 4.89. The Morgan fingerprint density at radius 2 is 2.07 bits per heavy atom. The first-order valence-corrected chi connectivity index (χ1v) is 4.89. The van der Waals surface area contributed by atoms with Crippen LogP contribution in [0, 0.1) is 0 Å². The van der Waals surface area contributed by atoms with E-state index in [-0.39, 0.29) is 0 Å². The van der Waals surface area contributed by atoms with E-state index < -0.39 is 0 Å². The van der Waals surface area contributed by atoms with Crippen molar-refractivity contribution in [2.45, 2.75) is 6.92 Å². The second-order valence-corrected chi connectivity index (χ2v) is 3.10. The SMILES string of the molecule is CCNc1nc(OC)c2ccccc2n1. The van der Waals surface area contributed by atoms with Gasteiger partial charge in [-0.05, 0) is 19.1 Å². The molecule has 0 aliphatic rings. The standard InChI is InChI=1S/C11H13N3O/c1-3-12-11-13-9-7-5-4-6-8(9)10(14-11)15-2/h4-7H,3H2,1-2H3,(H,12,13,14). The van der Waals surface area contributed by atoms with Crippen molar-refractivity contribution in [1.82, 2.24) is 9.97 Å². The van der Waals surface area contributed by atoms with Crippen molar-refractivity contribution in [1.29, 1.82) is 0 Å². The van der Waals surface area contributed by atoms with E-state index in [0.717, 1.165) is 17.4 Å². The Morgan fingerprint density at radius 3 is 2.80 bits per heavy atom. The number of hydrogen-bond donors (Lipinski definition) is 1. The van der Waals surface area contributed by atoms with Crippen molar-refractivity contribution < 1.29 is 4.74 Å². The second-order valence-electron chi connectivity index (χ2n) is 3.10. The van der Waals surface area contributed by atoms with E-state index in [4.69, 9.17) is 4.74 Å². The van der Waals surface area contributed by atoms with Crippen LogP contribution in [0.15, 0.2) is 24.3 Å². The first-order chi connectivity index (χ1) is 7.35. The monoisotopic (exact) mass is 203 g/mol. The lowest BCUT2D eigenvalue weighted by Gasteiger charge is -2.07. The van der Waals surface area contributed by atoms with E-state index in [1.54, 1.807) is 7.11 Å². The third-order valence-electron chi connectivity index (χ3n) is 2.10. The van der Waals surface area contributed by atoms with Crippen molar-refractivity contribution in [2.24, 2.45) is 0 Å². The zero-order valence-corrected chi connectivity index (χ0v) is 8.82. The van der Waals surface area contributed by atoms with Gasteiger partial charge < -0.3 is 10.1 Å². The van der Waals surface area contributed by atoms with Gasteiger partial charge >= 0.3 is 0 Å². The predicted molar refractivity (Wildman–Crippen MR) is 60.3 cm³/mol. The number of nitrogens with one attached hydrogen (secondary N) is 1. The van der Waals surface area contributed by atoms with Gasteiger partial charge in [-0.2, -0.15) is 4.98 Å². The van der Waals surface area contributed by atoms with Gasteiger partial charge in [-0.3, -0.25) is 0 Å². The maximum absolute atomic E-state index is 5.22. The van der Waals surface area contributed by atoms with Gasteiger partial charge in [-0.25, -0.2) is 4.98 Å². The fraction of sp³-hybridized carbons (Fsp3) is 0.273. The summed E-state index contributed by atoms with van der Waals surface area (Å²) in [7, 11) is 1.62. The molecule has 4 heteroatoms. The lowest BCUT2D eigenvalue weighted by atomic mass is 10.2. The Balaban J connectivity index is 2.60. The fourth-order valence-electron chi connectivity index (χ4n) is 1.44. The Hall–Kier alpha value is -1.84. The molecular formula is C11H13N3O. The molecule has 4 nitrogen and oxygen atoms in total. The normalized spacial score (nSPS) is 10.3. The molecule has 0 aliphatic heterocycles. The predicted octanol–water partition coefficient (Wildman–Crippen LogP) is 2.07. The molecule has 78 valence electrons. The Kier molecular flexibility index (Phi) is 2.67. The molecule has 15 heavy (non-hydrogen) atoms. The molecule has 0 saturated heterocycles. The van der Waals surface area contributed by atoms with E-state index in [1.807, 2.05) is 31.2 Å². The number of hydrogen-bond acceptors (Lipinski definition) is 4. The number of nitrogens with zero attached hydrogens (tertiary/aromatic N) is 2. The van der Waals surface area contributed by atoms with Crippen molar-refractivity contribution in [2.75, 3.05) is 19.0 Å². The molecule has 0 aliphatic carbocycles. The van der Waals surface area contributed by atoms with Crippen LogP contribution < -0.4 is 10.1 Å². The van der Waals surface area contributed by atoms with Gasteiger partial charge in [0.15, 0.2) is 0 Å². The van der Waals surface area contributed by atoms with E-state index in [2.05, 4.69) is 15.3 Å². The highest BCUT2D eigenvalue weighted by atomic mass is 16.5. The van der Waals surface area contributed by atoms with E-state index in [0.29, 0.717) is 11.8 Å². The molecule has 0 saturated carbocycles. The number of benzene rings is 1. The van der Waals surface area contributed by atoms with Crippen molar-refractivity contribution in [3.8, 4) is 5.88 Å². The van der Waals surface area contributed by atoms with Crippen LogP contribution in [-0.2, 0) is 0 Å². The number of ether oxygens (including phenoxy) is 1. The van der Waals surface area contributed by atoms with E-state index >= 15 is 0 Å². The summed E-state index contributed by atoms with van der Waals surface area (Å²) in [5, 5.41) is 4.00. The number of aromatic nitrogens is 2. The Labute approximate surface area is 88.3 Å². The number of rotatable bonds is 3. The summed E-state index contributed by atoms with van der Waals surface area (Å²) in [5.41, 5.74) is 0.889. The minimum atomic E-state index is 0.605. The molecule has 2 aromatic rings. The molecule has 0 fully saturated rings. The van der Waals surface area contributed by atoms with Crippen molar-refractivity contribution >= 4 is 16.9 Å². The quantitative estimate of drug-likeness (QED) is 0.829. The summed E-state index contributed by atoms with van der Waals surface area (Å²) in [5.74, 6) is 1.21. The summed E-state index contributed by atoms with van der Waals surface area (Å²) in [6.07, 6.45) is 0. The molecule has 0 spiro atoms. The largest absolute Gasteiger partial charge is 0.480 e. The first kappa shape index (κ1) is 9.71. The summed E-state index contributed by atoms with van der Waals surface area (Å²) < 4.78 is 5.22. The summed E-state index contributed by atoms with van der Waals surface area (Å²) in [4.78, 5) is 8.64. The van der Waals surface area contributed by atoms with Gasteiger partial charge in [-0.1, -0.05) is 12.1 Å². The maximum atomic E-state index is 5.22. The second kappa shape index (κ2) is 4.13. The minimum Gasteiger partial charge on any atom is -0.480 e. The third-order valence-corrected chi connectivity index (χ3v) is 2.10. The maximum Gasteiger partial charge on any atom is 0.226 e. The molecule has 1 aromatic carbocycles. The molecule has 0 amide bonds. The fourth-order valence-corrected chi connectivity index (χ4v) is 1.44. The number of anilines is 1. The van der Waals surface area contributed by atoms with Crippen molar-refractivity contribution in [3.63, 3.8) is 0 Å². The average molecular weight is 203 g/mol. The van der Waals surface area contributed by atoms with Crippen LogP contribution in [0.4, 0.5) is 5.95 Å². The van der Waals surface area contributed by atoms with Gasteiger partial charge in [-0.15, -0.1) is 0 Å². The lowest BCUT2D eigenvalue weighted by Crippen LogP contribution is -2.03. The smallest absolute Gasteiger partial charge is 0.226 e. The lowest BCUT2D eigenvalue weighted by molar-refractivity contribution is 0.403. The number of methoxy groups -OCH3 is 1. The Bertz CT molecular complexity index is 470. The van der Waals surface area contributed by atoms with E-state index in [1.165, 1.54) is 0 Å². The van der Waals surface area contributed by atoms with Crippen LogP contribution in [0.1, 0.15) is 6.92 Å². The van der Waals surface area contributed by atoms with Crippen LogP contribution >= 0.6 is 0 Å². The molecule has 0 radical (unpaired) electrons. The highest BCUT2D eigenvalue weighted by molar-refractivity contribution is 5.84. The van der Waals surface area contributed by atoms with Crippen LogP contribution in [0.5, 0.6) is 5.88 Å².